The highest BCUT2D eigenvalue weighted by atomic mass is 79.9. The minimum atomic E-state index is -3.50. The van der Waals surface area contributed by atoms with Gasteiger partial charge in [-0.05, 0) is 40.9 Å². The number of hydrogen-bond acceptors (Lipinski definition) is 5. The number of carbonyl (C=O) groups is 2. The zero-order valence-electron chi connectivity index (χ0n) is 11.5. The number of nitrogens with zero attached hydrogens (tertiary/aromatic N) is 2. The number of imide groups is 1. The summed E-state index contributed by atoms with van der Waals surface area (Å²) < 4.78 is 27.5. The number of amides is 3. The van der Waals surface area contributed by atoms with Gasteiger partial charge in [-0.25, -0.2) is 13.2 Å². The third-order valence-corrected chi connectivity index (χ3v) is 7.80. The molecule has 1 aromatic rings. The van der Waals surface area contributed by atoms with Gasteiger partial charge in [0, 0.05) is 19.1 Å². The van der Waals surface area contributed by atoms with E-state index in [1.165, 1.54) is 20.5 Å². The molecule has 120 valence electrons. The van der Waals surface area contributed by atoms with Crippen molar-refractivity contribution in [1.82, 2.24) is 14.5 Å². The molecule has 0 spiro atoms. The highest BCUT2D eigenvalue weighted by Gasteiger charge is 2.39. The summed E-state index contributed by atoms with van der Waals surface area (Å²) in [6, 6.07) is 2.68. The first-order valence-corrected chi connectivity index (χ1v) is 9.80. The summed E-state index contributed by atoms with van der Waals surface area (Å²) in [4.78, 5) is 24.6. The molecule has 10 heteroatoms. The Morgan fingerprint density at radius 3 is 2.41 bits per heavy atom. The van der Waals surface area contributed by atoms with Crippen LogP contribution in [0.5, 0.6) is 0 Å². The molecule has 3 heterocycles. The number of nitrogens with one attached hydrogen (secondary N) is 1. The quantitative estimate of drug-likeness (QED) is 0.762. The average Bonchev–Trinajstić information content (AvgIpc) is 3.06. The fraction of sp³-hybridized carbons (Fsp3) is 0.500. The van der Waals surface area contributed by atoms with Crippen molar-refractivity contribution < 1.29 is 18.0 Å². The van der Waals surface area contributed by atoms with E-state index in [4.69, 9.17) is 0 Å². The second-order valence-corrected chi connectivity index (χ2v) is 9.74. The summed E-state index contributed by atoms with van der Waals surface area (Å²) in [7, 11) is -3.50. The Kier molecular flexibility index (Phi) is 4.27. The van der Waals surface area contributed by atoms with Crippen LogP contribution in [-0.4, -0.2) is 55.2 Å². The van der Waals surface area contributed by atoms with Crippen molar-refractivity contribution in [2.75, 3.05) is 19.6 Å². The monoisotopic (exact) mass is 407 g/mol. The van der Waals surface area contributed by atoms with E-state index in [9.17, 15) is 18.0 Å². The molecule has 1 aromatic heterocycles. The van der Waals surface area contributed by atoms with E-state index in [2.05, 4.69) is 21.2 Å². The van der Waals surface area contributed by atoms with E-state index in [-0.39, 0.29) is 24.5 Å². The predicted molar refractivity (Wildman–Crippen MR) is 84.0 cm³/mol. The Labute approximate surface area is 140 Å². The Morgan fingerprint density at radius 2 is 1.91 bits per heavy atom. The lowest BCUT2D eigenvalue weighted by Crippen LogP contribution is -2.48. The van der Waals surface area contributed by atoms with Crippen LogP contribution in [0.4, 0.5) is 4.79 Å². The normalized spacial score (nSPS) is 21.4. The molecule has 2 aliphatic rings. The Balaban J connectivity index is 1.69. The predicted octanol–water partition coefficient (Wildman–Crippen LogP) is 1.22. The molecule has 0 unspecified atom stereocenters. The van der Waals surface area contributed by atoms with Gasteiger partial charge in [0.05, 0.1) is 10.3 Å². The first-order chi connectivity index (χ1) is 10.4. The van der Waals surface area contributed by atoms with Gasteiger partial charge in [-0.1, -0.05) is 0 Å². The summed E-state index contributed by atoms with van der Waals surface area (Å²) in [6.45, 7) is 0.639. The van der Waals surface area contributed by atoms with Crippen LogP contribution in [0, 0.1) is 0 Å². The highest BCUT2D eigenvalue weighted by Crippen LogP contribution is 2.30. The fourth-order valence-electron chi connectivity index (χ4n) is 2.71. The first-order valence-electron chi connectivity index (χ1n) is 6.75. The molecule has 0 bridgehead atoms. The number of urea groups is 1. The number of halogens is 1. The van der Waals surface area contributed by atoms with Crippen LogP contribution in [0.1, 0.15) is 12.8 Å². The van der Waals surface area contributed by atoms with E-state index >= 15 is 0 Å². The molecule has 0 atom stereocenters. The molecule has 7 nitrogen and oxygen atoms in total. The van der Waals surface area contributed by atoms with Gasteiger partial charge >= 0.3 is 6.03 Å². The number of thiophene rings is 1. The van der Waals surface area contributed by atoms with Gasteiger partial charge in [-0.3, -0.25) is 9.69 Å². The zero-order valence-corrected chi connectivity index (χ0v) is 14.7. The van der Waals surface area contributed by atoms with Crippen LogP contribution in [0.2, 0.25) is 0 Å². The van der Waals surface area contributed by atoms with Crippen LogP contribution in [-0.2, 0) is 14.8 Å². The molecule has 3 amide bonds. The van der Waals surface area contributed by atoms with Crippen molar-refractivity contribution in [3.8, 4) is 0 Å². The third-order valence-electron chi connectivity index (χ3n) is 3.81. The number of piperidine rings is 1. The molecule has 2 saturated heterocycles. The topological polar surface area (TPSA) is 86.8 Å². The minimum Gasteiger partial charge on any atom is -0.329 e. The summed E-state index contributed by atoms with van der Waals surface area (Å²) in [6.07, 6.45) is 0.926. The average molecular weight is 408 g/mol. The number of sulfonamides is 1. The summed E-state index contributed by atoms with van der Waals surface area (Å²) in [5.41, 5.74) is 0. The Bertz CT molecular complexity index is 694. The minimum absolute atomic E-state index is 0.0283. The maximum atomic E-state index is 12.5. The first kappa shape index (κ1) is 15.9. The van der Waals surface area contributed by atoms with Crippen molar-refractivity contribution in [2.24, 2.45) is 0 Å². The third kappa shape index (κ3) is 2.80. The van der Waals surface area contributed by atoms with Crippen LogP contribution >= 0.6 is 27.3 Å². The van der Waals surface area contributed by atoms with Crippen LogP contribution in [0.15, 0.2) is 20.1 Å². The smallest absolute Gasteiger partial charge is 0.324 e. The molecule has 1 N–H and O–H groups in total. The molecule has 22 heavy (non-hydrogen) atoms. The highest BCUT2D eigenvalue weighted by molar-refractivity contribution is 9.11. The van der Waals surface area contributed by atoms with E-state index in [0.29, 0.717) is 30.1 Å². The van der Waals surface area contributed by atoms with Crippen LogP contribution < -0.4 is 5.32 Å². The standard InChI is InChI=1S/C12H14BrN3O4S2/c13-9-1-2-11(21-9)22(19,20)15-5-3-8(4-6-15)16-10(17)7-14-12(16)18/h1-2,8H,3-7H2,(H,14,18). The summed E-state index contributed by atoms with van der Waals surface area (Å²) in [5.74, 6) is -0.242. The van der Waals surface area contributed by atoms with E-state index in [1.54, 1.807) is 12.1 Å². The molecule has 0 saturated carbocycles. The van der Waals surface area contributed by atoms with Gasteiger partial charge in [0.15, 0.2) is 0 Å². The molecule has 2 fully saturated rings. The van der Waals surface area contributed by atoms with Gasteiger partial charge in [0.2, 0.25) is 5.91 Å². The maximum Gasteiger partial charge on any atom is 0.324 e. The lowest BCUT2D eigenvalue weighted by atomic mass is 10.1. The van der Waals surface area contributed by atoms with Gasteiger partial charge in [0.1, 0.15) is 4.21 Å². The molecule has 2 aliphatic heterocycles. The Morgan fingerprint density at radius 1 is 1.23 bits per heavy atom. The van der Waals surface area contributed by atoms with Crippen LogP contribution in [0.25, 0.3) is 0 Å². The Hall–Kier alpha value is -0.970. The summed E-state index contributed by atoms with van der Waals surface area (Å²) >= 11 is 4.44. The van der Waals surface area contributed by atoms with Crippen LogP contribution in [0.3, 0.4) is 0 Å². The van der Waals surface area contributed by atoms with E-state index < -0.39 is 10.0 Å². The van der Waals surface area contributed by atoms with Gasteiger partial charge in [-0.15, -0.1) is 11.3 Å². The van der Waals surface area contributed by atoms with Gasteiger partial charge in [-0.2, -0.15) is 4.31 Å². The molecular weight excluding hydrogens is 394 g/mol. The molecule has 0 radical (unpaired) electrons. The zero-order chi connectivity index (χ0) is 15.9. The number of hydrogen-bond donors (Lipinski definition) is 1. The molecular formula is C12H14BrN3O4S2. The second-order valence-electron chi connectivity index (χ2n) is 5.12. The number of carbonyl (C=O) groups excluding carboxylic acids is 2. The van der Waals surface area contributed by atoms with E-state index in [0.717, 1.165) is 3.79 Å². The lowest BCUT2D eigenvalue weighted by molar-refractivity contribution is -0.127. The van der Waals surface area contributed by atoms with Crippen molar-refractivity contribution in [3.05, 3.63) is 15.9 Å². The maximum absolute atomic E-state index is 12.5. The van der Waals surface area contributed by atoms with Crippen molar-refractivity contribution in [1.29, 1.82) is 0 Å². The van der Waals surface area contributed by atoms with Gasteiger partial charge in [0.25, 0.3) is 10.0 Å². The molecule has 0 aliphatic carbocycles. The van der Waals surface area contributed by atoms with Crippen molar-refractivity contribution in [2.45, 2.75) is 23.1 Å². The SMILES string of the molecule is O=C1CNC(=O)N1C1CCN(S(=O)(=O)c2ccc(Br)s2)CC1. The second kappa shape index (κ2) is 5.91. The molecule has 0 aromatic carbocycles. The molecule has 3 rings (SSSR count). The van der Waals surface area contributed by atoms with Crippen molar-refractivity contribution >= 4 is 49.2 Å². The largest absolute Gasteiger partial charge is 0.329 e. The van der Waals surface area contributed by atoms with Crippen molar-refractivity contribution in [3.63, 3.8) is 0 Å². The fourth-order valence-corrected chi connectivity index (χ4v) is 6.34. The number of rotatable bonds is 3. The summed E-state index contributed by atoms with van der Waals surface area (Å²) in [5, 5.41) is 2.49. The lowest BCUT2D eigenvalue weighted by Gasteiger charge is -2.34. The van der Waals surface area contributed by atoms with Gasteiger partial charge < -0.3 is 5.32 Å². The van der Waals surface area contributed by atoms with E-state index in [1.807, 2.05) is 0 Å².